The van der Waals surface area contributed by atoms with Crippen LogP contribution >= 0.6 is 0 Å². The molecule has 0 bridgehead atoms. The van der Waals surface area contributed by atoms with Gasteiger partial charge < -0.3 is 5.32 Å². The molecule has 1 atom stereocenters. The normalized spacial score (nSPS) is 13.0. The summed E-state index contributed by atoms with van der Waals surface area (Å²) in [5, 5.41) is 3.01. The van der Waals surface area contributed by atoms with Crippen LogP contribution in [0.2, 0.25) is 0 Å². The fourth-order valence-corrected chi connectivity index (χ4v) is 3.35. The SMILES string of the molecule is CNCc1cccc(S(=O)(=O)NC(C)c2ccncc2)c1. The molecular weight excluding hydrogens is 286 g/mol. The second-order valence-corrected chi connectivity index (χ2v) is 6.52. The standard InChI is InChI=1S/C15H19N3O2S/c1-12(14-6-8-17-9-7-14)18-21(19,20)15-5-3-4-13(10-15)11-16-2/h3-10,12,16,18H,11H2,1-2H3. The lowest BCUT2D eigenvalue weighted by Crippen LogP contribution is -2.27. The van der Waals surface area contributed by atoms with E-state index >= 15 is 0 Å². The highest BCUT2D eigenvalue weighted by Gasteiger charge is 2.18. The molecule has 0 radical (unpaired) electrons. The smallest absolute Gasteiger partial charge is 0.241 e. The van der Waals surface area contributed by atoms with E-state index in [1.54, 1.807) is 42.7 Å². The Labute approximate surface area is 125 Å². The highest BCUT2D eigenvalue weighted by atomic mass is 32.2. The largest absolute Gasteiger partial charge is 0.316 e. The quantitative estimate of drug-likeness (QED) is 0.854. The zero-order chi connectivity index (χ0) is 15.3. The number of nitrogens with zero attached hydrogens (tertiary/aromatic N) is 1. The molecule has 2 rings (SSSR count). The molecule has 5 nitrogen and oxygen atoms in total. The zero-order valence-corrected chi connectivity index (χ0v) is 12.9. The Morgan fingerprint density at radius 2 is 1.90 bits per heavy atom. The van der Waals surface area contributed by atoms with E-state index in [9.17, 15) is 8.42 Å². The third kappa shape index (κ3) is 4.10. The first-order chi connectivity index (χ1) is 10.0. The van der Waals surface area contributed by atoms with Gasteiger partial charge in [0.05, 0.1) is 4.90 Å². The highest BCUT2D eigenvalue weighted by Crippen LogP contribution is 2.17. The number of hydrogen-bond acceptors (Lipinski definition) is 4. The van der Waals surface area contributed by atoms with Crippen LogP contribution in [-0.4, -0.2) is 20.4 Å². The van der Waals surface area contributed by atoms with Crippen LogP contribution in [0.25, 0.3) is 0 Å². The average molecular weight is 305 g/mol. The Bertz CT molecular complexity index is 687. The Morgan fingerprint density at radius 1 is 1.19 bits per heavy atom. The van der Waals surface area contributed by atoms with Gasteiger partial charge in [0.15, 0.2) is 0 Å². The lowest BCUT2D eigenvalue weighted by molar-refractivity contribution is 0.566. The van der Waals surface area contributed by atoms with Crippen molar-refractivity contribution in [1.82, 2.24) is 15.0 Å². The van der Waals surface area contributed by atoms with Crippen LogP contribution in [0.5, 0.6) is 0 Å². The van der Waals surface area contributed by atoms with Gasteiger partial charge in [0.2, 0.25) is 10.0 Å². The highest BCUT2D eigenvalue weighted by molar-refractivity contribution is 7.89. The zero-order valence-electron chi connectivity index (χ0n) is 12.1. The van der Waals surface area contributed by atoms with Crippen LogP contribution < -0.4 is 10.0 Å². The molecule has 1 unspecified atom stereocenters. The number of benzene rings is 1. The summed E-state index contributed by atoms with van der Waals surface area (Å²) >= 11 is 0. The van der Waals surface area contributed by atoms with Crippen molar-refractivity contribution < 1.29 is 8.42 Å². The van der Waals surface area contributed by atoms with Crippen molar-refractivity contribution in [3.05, 3.63) is 59.9 Å². The van der Waals surface area contributed by atoms with Crippen molar-refractivity contribution in [2.75, 3.05) is 7.05 Å². The maximum atomic E-state index is 12.4. The Kier molecular flexibility index (Phi) is 5.06. The molecular formula is C15H19N3O2S. The first-order valence-corrected chi connectivity index (χ1v) is 8.17. The first kappa shape index (κ1) is 15.6. The molecule has 1 heterocycles. The number of nitrogens with one attached hydrogen (secondary N) is 2. The van der Waals surface area contributed by atoms with Crippen molar-refractivity contribution in [1.29, 1.82) is 0 Å². The first-order valence-electron chi connectivity index (χ1n) is 6.69. The Hall–Kier alpha value is -1.76. The van der Waals surface area contributed by atoms with E-state index in [4.69, 9.17) is 0 Å². The summed E-state index contributed by atoms with van der Waals surface area (Å²) < 4.78 is 27.5. The minimum atomic E-state index is -3.55. The molecule has 112 valence electrons. The van der Waals surface area contributed by atoms with Gasteiger partial charge >= 0.3 is 0 Å². The van der Waals surface area contributed by atoms with Crippen LogP contribution in [0.15, 0.2) is 53.7 Å². The summed E-state index contributed by atoms with van der Waals surface area (Å²) in [5.41, 5.74) is 1.80. The number of pyridine rings is 1. The fourth-order valence-electron chi connectivity index (χ4n) is 2.05. The number of hydrogen-bond donors (Lipinski definition) is 2. The van der Waals surface area contributed by atoms with Gasteiger partial charge in [-0.05, 0) is 49.4 Å². The summed E-state index contributed by atoms with van der Waals surface area (Å²) in [6.07, 6.45) is 3.29. The van der Waals surface area contributed by atoms with Gasteiger partial charge in [-0.15, -0.1) is 0 Å². The summed E-state index contributed by atoms with van der Waals surface area (Å²) in [4.78, 5) is 4.20. The van der Waals surface area contributed by atoms with Crippen molar-refractivity contribution in [3.63, 3.8) is 0 Å². The van der Waals surface area contributed by atoms with E-state index in [0.717, 1.165) is 11.1 Å². The predicted molar refractivity (Wildman–Crippen MR) is 82.2 cm³/mol. The van der Waals surface area contributed by atoms with Gasteiger partial charge in [-0.3, -0.25) is 4.98 Å². The van der Waals surface area contributed by atoms with E-state index in [2.05, 4.69) is 15.0 Å². The van der Waals surface area contributed by atoms with Crippen LogP contribution in [0.1, 0.15) is 24.1 Å². The molecule has 6 heteroatoms. The monoisotopic (exact) mass is 305 g/mol. The summed E-state index contributed by atoms with van der Waals surface area (Å²) in [5.74, 6) is 0. The summed E-state index contributed by atoms with van der Waals surface area (Å²) in [6, 6.07) is 10.2. The van der Waals surface area contributed by atoms with Crippen LogP contribution in [0.4, 0.5) is 0 Å². The molecule has 21 heavy (non-hydrogen) atoms. The predicted octanol–water partition coefficient (Wildman–Crippen LogP) is 1.84. The topological polar surface area (TPSA) is 71.1 Å². The molecule has 0 amide bonds. The van der Waals surface area contributed by atoms with Crippen molar-refractivity contribution in [2.45, 2.75) is 24.4 Å². The van der Waals surface area contributed by atoms with Gasteiger partial charge in [-0.25, -0.2) is 13.1 Å². The van der Waals surface area contributed by atoms with Gasteiger partial charge in [-0.2, -0.15) is 0 Å². The fraction of sp³-hybridized carbons (Fsp3) is 0.267. The Morgan fingerprint density at radius 3 is 2.57 bits per heavy atom. The van der Waals surface area contributed by atoms with Crippen molar-refractivity contribution in [2.24, 2.45) is 0 Å². The molecule has 0 spiro atoms. The maximum Gasteiger partial charge on any atom is 0.241 e. The second kappa shape index (κ2) is 6.80. The molecule has 1 aromatic heterocycles. The second-order valence-electron chi connectivity index (χ2n) is 4.80. The van der Waals surface area contributed by atoms with Crippen LogP contribution in [0, 0.1) is 0 Å². The van der Waals surface area contributed by atoms with Crippen LogP contribution in [-0.2, 0) is 16.6 Å². The van der Waals surface area contributed by atoms with E-state index < -0.39 is 10.0 Å². The van der Waals surface area contributed by atoms with Crippen LogP contribution in [0.3, 0.4) is 0 Å². The van der Waals surface area contributed by atoms with E-state index in [1.807, 2.05) is 20.0 Å². The molecule has 1 aromatic carbocycles. The molecule has 2 N–H and O–H groups in total. The molecule has 2 aromatic rings. The van der Waals surface area contributed by atoms with Gasteiger partial charge in [0.1, 0.15) is 0 Å². The summed E-state index contributed by atoms with van der Waals surface area (Å²) in [7, 11) is -1.72. The molecule has 0 aliphatic heterocycles. The van der Waals surface area contributed by atoms with Crippen molar-refractivity contribution >= 4 is 10.0 Å². The van der Waals surface area contributed by atoms with Gasteiger partial charge in [-0.1, -0.05) is 12.1 Å². The third-order valence-electron chi connectivity index (χ3n) is 3.13. The lowest BCUT2D eigenvalue weighted by Gasteiger charge is -2.15. The van der Waals surface area contributed by atoms with E-state index in [0.29, 0.717) is 6.54 Å². The third-order valence-corrected chi connectivity index (χ3v) is 4.67. The molecule has 0 saturated heterocycles. The minimum Gasteiger partial charge on any atom is -0.316 e. The van der Waals surface area contributed by atoms with Gasteiger partial charge in [0.25, 0.3) is 0 Å². The number of rotatable bonds is 6. The van der Waals surface area contributed by atoms with E-state index in [-0.39, 0.29) is 10.9 Å². The molecule has 0 aliphatic rings. The maximum absolute atomic E-state index is 12.4. The lowest BCUT2D eigenvalue weighted by atomic mass is 10.1. The van der Waals surface area contributed by atoms with E-state index in [1.165, 1.54) is 0 Å². The average Bonchev–Trinajstić information content (AvgIpc) is 2.48. The number of sulfonamides is 1. The van der Waals surface area contributed by atoms with Gasteiger partial charge in [0, 0.05) is 25.0 Å². The number of aromatic nitrogens is 1. The minimum absolute atomic E-state index is 0.274. The molecule has 0 fully saturated rings. The molecule has 0 aliphatic carbocycles. The summed E-state index contributed by atoms with van der Waals surface area (Å²) in [6.45, 7) is 2.44. The van der Waals surface area contributed by atoms with Crippen molar-refractivity contribution in [3.8, 4) is 0 Å². The molecule has 0 saturated carbocycles. The Balaban J connectivity index is 2.20.